The van der Waals surface area contributed by atoms with Crippen molar-refractivity contribution in [2.45, 2.75) is 50.8 Å². The van der Waals surface area contributed by atoms with Gasteiger partial charge in [-0.15, -0.1) is 11.8 Å². The Kier molecular flexibility index (Phi) is 6.48. The van der Waals surface area contributed by atoms with Crippen molar-refractivity contribution in [3.05, 3.63) is 53.6 Å². The smallest absolute Gasteiger partial charge is 0.243 e. The maximum atomic E-state index is 13.0. The fraction of sp³-hybridized carbons (Fsp3) is 0.435. The maximum Gasteiger partial charge on any atom is 0.243 e. The minimum Gasteiger partial charge on any atom is -0.361 e. The van der Waals surface area contributed by atoms with Crippen LogP contribution in [-0.4, -0.2) is 24.7 Å². The number of carbonyl (C=O) groups is 1. The quantitative estimate of drug-likeness (QED) is 0.701. The largest absolute Gasteiger partial charge is 0.361 e. The molecule has 2 aromatic rings. The van der Waals surface area contributed by atoms with Gasteiger partial charge in [0.25, 0.3) is 0 Å². The molecule has 1 aliphatic heterocycles. The Labute approximate surface area is 167 Å². The first kappa shape index (κ1) is 19.8. The molecule has 0 radical (unpaired) electrons. The van der Waals surface area contributed by atoms with Crippen LogP contribution in [0, 0.1) is 0 Å². The van der Waals surface area contributed by atoms with E-state index in [0.717, 1.165) is 24.4 Å². The second-order valence-corrected chi connectivity index (χ2v) is 8.90. The highest BCUT2D eigenvalue weighted by Gasteiger charge is 2.20. The molecule has 0 aliphatic carbocycles. The zero-order valence-corrected chi connectivity index (χ0v) is 17.6. The molecule has 3 nitrogen and oxygen atoms in total. The summed E-state index contributed by atoms with van der Waals surface area (Å²) in [6, 6.07) is 14.8. The molecular formula is C23H30N2OS. The van der Waals surface area contributed by atoms with Gasteiger partial charge in [-0.2, -0.15) is 0 Å². The van der Waals surface area contributed by atoms with Crippen LogP contribution < -0.4 is 10.2 Å². The van der Waals surface area contributed by atoms with Crippen LogP contribution in [0.4, 0.5) is 11.4 Å². The molecule has 0 bridgehead atoms. The van der Waals surface area contributed by atoms with Crippen LogP contribution in [-0.2, 0) is 4.79 Å². The molecule has 144 valence electrons. The number of thioether (sulfide) groups is 1. The van der Waals surface area contributed by atoms with Gasteiger partial charge < -0.3 is 10.2 Å². The Morgan fingerprint density at radius 3 is 2.37 bits per heavy atom. The lowest BCUT2D eigenvalue weighted by Gasteiger charge is -2.25. The maximum absolute atomic E-state index is 13.0. The standard InChI is InChI=1S/C23H30N2OS/c1-16(2)18-9-7-10-19(17(3)4)23(18)24-22(26)15-25-13-8-14-27-21-12-6-5-11-20(21)25/h5-7,9-12,16-17H,8,13-15H2,1-4H3,(H,24,26). The van der Waals surface area contributed by atoms with Gasteiger partial charge in [0.15, 0.2) is 0 Å². The van der Waals surface area contributed by atoms with Gasteiger partial charge in [-0.25, -0.2) is 0 Å². The third kappa shape index (κ3) is 4.67. The molecule has 0 saturated heterocycles. The van der Waals surface area contributed by atoms with E-state index in [9.17, 15) is 4.79 Å². The zero-order valence-electron chi connectivity index (χ0n) is 16.8. The van der Waals surface area contributed by atoms with Gasteiger partial charge >= 0.3 is 0 Å². The van der Waals surface area contributed by atoms with Crippen LogP contribution in [0.3, 0.4) is 0 Å². The summed E-state index contributed by atoms with van der Waals surface area (Å²) in [7, 11) is 0. The molecule has 0 saturated carbocycles. The number of fused-ring (bicyclic) bond motifs is 1. The molecule has 3 rings (SSSR count). The van der Waals surface area contributed by atoms with E-state index in [0.29, 0.717) is 18.4 Å². The predicted molar refractivity (Wildman–Crippen MR) is 117 cm³/mol. The van der Waals surface area contributed by atoms with Crippen molar-refractivity contribution >= 4 is 29.0 Å². The number of rotatable bonds is 5. The molecule has 27 heavy (non-hydrogen) atoms. The SMILES string of the molecule is CC(C)c1cccc(C(C)C)c1NC(=O)CN1CCCSc2ccccc21. The molecule has 0 fully saturated rings. The summed E-state index contributed by atoms with van der Waals surface area (Å²) in [5.74, 6) is 1.90. The fourth-order valence-electron chi connectivity index (χ4n) is 3.61. The van der Waals surface area contributed by atoms with Crippen LogP contribution in [0.1, 0.15) is 57.1 Å². The number of amides is 1. The number of nitrogens with zero attached hydrogens (tertiary/aromatic N) is 1. The molecule has 1 heterocycles. The summed E-state index contributed by atoms with van der Waals surface area (Å²) in [6.45, 7) is 10.0. The normalized spacial score (nSPS) is 14.2. The van der Waals surface area contributed by atoms with Crippen molar-refractivity contribution in [3.8, 4) is 0 Å². The number of carbonyl (C=O) groups excluding carboxylic acids is 1. The Bertz CT molecular complexity index is 774. The highest BCUT2D eigenvalue weighted by molar-refractivity contribution is 7.99. The minimum atomic E-state index is 0.0618. The van der Waals surface area contributed by atoms with Gasteiger partial charge in [-0.05, 0) is 47.3 Å². The van der Waals surface area contributed by atoms with E-state index < -0.39 is 0 Å². The summed E-state index contributed by atoms with van der Waals surface area (Å²) in [4.78, 5) is 16.5. The van der Waals surface area contributed by atoms with E-state index in [1.54, 1.807) is 0 Å². The van der Waals surface area contributed by atoms with Crippen molar-refractivity contribution in [2.24, 2.45) is 0 Å². The van der Waals surface area contributed by atoms with Crippen molar-refractivity contribution in [1.29, 1.82) is 0 Å². The van der Waals surface area contributed by atoms with Gasteiger partial charge in [-0.3, -0.25) is 4.79 Å². The van der Waals surface area contributed by atoms with E-state index in [-0.39, 0.29) is 5.91 Å². The van der Waals surface area contributed by atoms with Gasteiger partial charge in [0.05, 0.1) is 12.2 Å². The molecule has 0 atom stereocenters. The molecular weight excluding hydrogens is 352 g/mol. The van der Waals surface area contributed by atoms with Gasteiger partial charge in [-0.1, -0.05) is 58.0 Å². The molecule has 1 N–H and O–H groups in total. The lowest BCUT2D eigenvalue weighted by molar-refractivity contribution is -0.115. The summed E-state index contributed by atoms with van der Waals surface area (Å²) in [5.41, 5.74) is 4.60. The van der Waals surface area contributed by atoms with Crippen molar-refractivity contribution < 1.29 is 4.79 Å². The first-order valence-electron chi connectivity index (χ1n) is 9.86. The van der Waals surface area contributed by atoms with Crippen LogP contribution in [0.25, 0.3) is 0 Å². The Balaban J connectivity index is 1.83. The van der Waals surface area contributed by atoms with Crippen LogP contribution in [0.2, 0.25) is 0 Å². The number of nitrogens with one attached hydrogen (secondary N) is 1. The molecule has 0 spiro atoms. The fourth-order valence-corrected chi connectivity index (χ4v) is 4.62. The summed E-state index contributed by atoms with van der Waals surface area (Å²) >= 11 is 1.88. The van der Waals surface area contributed by atoms with Crippen molar-refractivity contribution in [3.63, 3.8) is 0 Å². The third-order valence-electron chi connectivity index (χ3n) is 5.01. The average molecular weight is 383 g/mol. The van der Waals surface area contributed by atoms with Crippen molar-refractivity contribution in [1.82, 2.24) is 0 Å². The third-order valence-corrected chi connectivity index (χ3v) is 6.16. The number of para-hydroxylation sites is 2. The molecule has 0 unspecified atom stereocenters. The summed E-state index contributed by atoms with van der Waals surface area (Å²) in [6.07, 6.45) is 1.09. The van der Waals surface area contributed by atoms with E-state index in [1.165, 1.54) is 21.7 Å². The predicted octanol–water partition coefficient (Wildman–Crippen LogP) is 5.87. The second-order valence-electron chi connectivity index (χ2n) is 7.76. The average Bonchev–Trinajstić information content (AvgIpc) is 2.84. The molecule has 1 amide bonds. The lowest BCUT2D eigenvalue weighted by atomic mass is 9.92. The number of hydrogen-bond donors (Lipinski definition) is 1. The summed E-state index contributed by atoms with van der Waals surface area (Å²) < 4.78 is 0. The molecule has 2 aromatic carbocycles. The number of hydrogen-bond acceptors (Lipinski definition) is 3. The van der Waals surface area contributed by atoms with Gasteiger partial charge in [0, 0.05) is 17.1 Å². The van der Waals surface area contributed by atoms with Crippen LogP contribution in [0.5, 0.6) is 0 Å². The van der Waals surface area contributed by atoms with Crippen LogP contribution in [0.15, 0.2) is 47.4 Å². The highest BCUT2D eigenvalue weighted by Crippen LogP contribution is 2.34. The monoisotopic (exact) mass is 382 g/mol. The second kappa shape index (κ2) is 8.83. The first-order valence-corrected chi connectivity index (χ1v) is 10.9. The lowest BCUT2D eigenvalue weighted by Crippen LogP contribution is -2.34. The minimum absolute atomic E-state index is 0.0618. The van der Waals surface area contributed by atoms with Gasteiger partial charge in [0.2, 0.25) is 5.91 Å². The van der Waals surface area contributed by atoms with Gasteiger partial charge in [0.1, 0.15) is 0 Å². The molecule has 0 aromatic heterocycles. The molecule has 4 heteroatoms. The van der Waals surface area contributed by atoms with E-state index in [2.05, 4.69) is 80.4 Å². The topological polar surface area (TPSA) is 32.3 Å². The zero-order chi connectivity index (χ0) is 19.4. The number of anilines is 2. The van der Waals surface area contributed by atoms with Crippen molar-refractivity contribution in [2.75, 3.05) is 29.1 Å². The first-order chi connectivity index (χ1) is 13.0. The van der Waals surface area contributed by atoms with E-state index in [4.69, 9.17) is 0 Å². The van der Waals surface area contributed by atoms with E-state index in [1.807, 2.05) is 11.8 Å². The Morgan fingerprint density at radius 2 is 1.70 bits per heavy atom. The Hall–Kier alpha value is -1.94. The Morgan fingerprint density at radius 1 is 1.04 bits per heavy atom. The van der Waals surface area contributed by atoms with Crippen LogP contribution >= 0.6 is 11.8 Å². The molecule has 1 aliphatic rings. The highest BCUT2D eigenvalue weighted by atomic mass is 32.2. The number of benzene rings is 2. The summed E-state index contributed by atoms with van der Waals surface area (Å²) in [5, 5.41) is 3.25. The van der Waals surface area contributed by atoms with E-state index >= 15 is 0 Å².